The highest BCUT2D eigenvalue weighted by Crippen LogP contribution is 2.29. The number of sulfonamides is 1. The van der Waals surface area contributed by atoms with Gasteiger partial charge in [0.1, 0.15) is 16.4 Å². The van der Waals surface area contributed by atoms with Crippen molar-refractivity contribution in [1.82, 2.24) is 14.5 Å². The van der Waals surface area contributed by atoms with Crippen LogP contribution in [0.3, 0.4) is 0 Å². The number of benzene rings is 1. The molecule has 158 valence electrons. The van der Waals surface area contributed by atoms with Crippen molar-refractivity contribution < 1.29 is 13.2 Å². The van der Waals surface area contributed by atoms with Gasteiger partial charge in [-0.2, -0.15) is 0 Å². The van der Waals surface area contributed by atoms with Gasteiger partial charge in [-0.25, -0.2) is 13.4 Å². The summed E-state index contributed by atoms with van der Waals surface area (Å²) in [4.78, 5) is 19.2. The van der Waals surface area contributed by atoms with Crippen LogP contribution >= 0.6 is 11.3 Å². The van der Waals surface area contributed by atoms with Crippen molar-refractivity contribution in [3.63, 3.8) is 0 Å². The molecule has 9 heteroatoms. The third-order valence-electron chi connectivity index (χ3n) is 5.17. The first-order valence-corrected chi connectivity index (χ1v) is 12.2. The van der Waals surface area contributed by atoms with Crippen LogP contribution in [0.4, 0.5) is 5.69 Å². The number of nitrogens with one attached hydrogen (secondary N) is 1. The molecule has 0 spiro atoms. The Balaban J connectivity index is 1.69. The maximum atomic E-state index is 13.1. The molecule has 1 saturated heterocycles. The van der Waals surface area contributed by atoms with Crippen LogP contribution in [0, 0.1) is 13.8 Å². The highest BCUT2D eigenvalue weighted by atomic mass is 32.2. The number of likely N-dealkylation sites (tertiary alicyclic amines) is 1. The Bertz CT molecular complexity index is 1170. The number of aromatic nitrogens is 2. The predicted octanol–water partition coefficient (Wildman–Crippen LogP) is 3.65. The third kappa shape index (κ3) is 4.27. The van der Waals surface area contributed by atoms with E-state index < -0.39 is 10.0 Å². The minimum atomic E-state index is -3.81. The molecule has 0 saturated carbocycles. The quantitative estimate of drug-likeness (QED) is 0.629. The summed E-state index contributed by atoms with van der Waals surface area (Å²) in [5.74, 6) is -0.00607. The largest absolute Gasteiger partial charge is 0.341 e. The molecule has 1 N–H and O–H groups in total. The van der Waals surface area contributed by atoms with Crippen LogP contribution in [-0.4, -0.2) is 41.9 Å². The summed E-state index contributed by atoms with van der Waals surface area (Å²) >= 11 is 1.43. The monoisotopic (exact) mass is 444 g/mol. The summed E-state index contributed by atoms with van der Waals surface area (Å²) in [7, 11) is -3.81. The number of hydrogen-bond acceptors (Lipinski definition) is 5. The lowest BCUT2D eigenvalue weighted by molar-refractivity contribution is -0.130. The minimum Gasteiger partial charge on any atom is -0.341 e. The molecule has 0 radical (unpaired) electrons. The standard InChI is InChI=1S/C21H24N4O3S2/c1-15-7-3-4-8-18(15)23-30(27,28)17-11-19(21-22-16(2)14-29-21)25(12-17)13-20(26)24-9-5-6-10-24/h3-4,7-8,11-12,14,23H,5-6,9-10,13H2,1-2H3. The molecule has 1 amide bonds. The number of para-hydroxylation sites is 1. The molecule has 1 fully saturated rings. The van der Waals surface area contributed by atoms with E-state index in [-0.39, 0.29) is 17.3 Å². The fraction of sp³-hybridized carbons (Fsp3) is 0.333. The molecule has 0 bridgehead atoms. The van der Waals surface area contributed by atoms with Crippen LogP contribution in [0.1, 0.15) is 24.1 Å². The SMILES string of the molecule is Cc1csc(-c2cc(S(=O)(=O)Nc3ccccc3C)cn2CC(=O)N2CCCC2)n1. The van der Waals surface area contributed by atoms with E-state index in [1.807, 2.05) is 36.3 Å². The second-order valence-corrected chi connectivity index (χ2v) is 10.0. The van der Waals surface area contributed by atoms with E-state index in [2.05, 4.69) is 9.71 Å². The summed E-state index contributed by atoms with van der Waals surface area (Å²) in [5, 5.41) is 2.61. The van der Waals surface area contributed by atoms with Crippen molar-refractivity contribution in [3.8, 4) is 10.7 Å². The van der Waals surface area contributed by atoms with E-state index in [9.17, 15) is 13.2 Å². The summed E-state index contributed by atoms with van der Waals surface area (Å²) < 4.78 is 30.5. The van der Waals surface area contributed by atoms with Gasteiger partial charge in [-0.05, 0) is 44.4 Å². The molecule has 30 heavy (non-hydrogen) atoms. The Hall–Kier alpha value is -2.65. The number of carbonyl (C=O) groups excluding carboxylic acids is 1. The molecule has 1 aliphatic heterocycles. The van der Waals surface area contributed by atoms with Crippen LogP contribution in [0.2, 0.25) is 0 Å². The smallest absolute Gasteiger partial charge is 0.263 e. The van der Waals surface area contributed by atoms with Crippen molar-refractivity contribution in [2.75, 3.05) is 17.8 Å². The Kier molecular flexibility index (Phi) is 5.66. The molecule has 1 aliphatic rings. The first-order chi connectivity index (χ1) is 14.3. The molecule has 3 aromatic rings. The number of rotatable bonds is 6. The Morgan fingerprint density at radius 1 is 1.20 bits per heavy atom. The van der Waals surface area contributed by atoms with Crippen LogP contribution in [0.5, 0.6) is 0 Å². The Labute approximate surface area is 180 Å². The number of carbonyl (C=O) groups is 1. The Morgan fingerprint density at radius 2 is 1.93 bits per heavy atom. The van der Waals surface area contributed by atoms with Crippen molar-refractivity contribution in [3.05, 3.63) is 53.2 Å². The zero-order valence-electron chi connectivity index (χ0n) is 17.0. The first-order valence-electron chi connectivity index (χ1n) is 9.82. The highest BCUT2D eigenvalue weighted by molar-refractivity contribution is 7.92. The zero-order chi connectivity index (χ0) is 21.3. The fourth-order valence-corrected chi connectivity index (χ4v) is 5.51. The van der Waals surface area contributed by atoms with E-state index in [0.29, 0.717) is 16.4 Å². The average molecular weight is 445 g/mol. The third-order valence-corrected chi connectivity index (χ3v) is 7.49. The summed E-state index contributed by atoms with van der Waals surface area (Å²) in [6, 6.07) is 8.81. The van der Waals surface area contributed by atoms with Gasteiger partial charge in [0.15, 0.2) is 0 Å². The van der Waals surface area contributed by atoms with Gasteiger partial charge >= 0.3 is 0 Å². The second kappa shape index (κ2) is 8.23. The molecule has 4 rings (SSSR count). The van der Waals surface area contributed by atoms with E-state index in [4.69, 9.17) is 0 Å². The number of nitrogens with zero attached hydrogens (tertiary/aromatic N) is 3. The molecule has 2 aromatic heterocycles. The predicted molar refractivity (Wildman–Crippen MR) is 118 cm³/mol. The van der Waals surface area contributed by atoms with Gasteiger partial charge in [-0.15, -0.1) is 11.3 Å². The molecule has 0 aliphatic carbocycles. The molecule has 3 heterocycles. The van der Waals surface area contributed by atoms with Crippen molar-refractivity contribution >= 4 is 33.0 Å². The Morgan fingerprint density at radius 3 is 2.60 bits per heavy atom. The topological polar surface area (TPSA) is 84.3 Å². The average Bonchev–Trinajstić information content (AvgIpc) is 3.44. The summed E-state index contributed by atoms with van der Waals surface area (Å²) in [5.41, 5.74) is 2.85. The zero-order valence-corrected chi connectivity index (χ0v) is 18.6. The fourth-order valence-electron chi connectivity index (χ4n) is 3.52. The second-order valence-electron chi connectivity index (χ2n) is 7.49. The summed E-state index contributed by atoms with van der Waals surface area (Å²) in [6.45, 7) is 5.34. The van der Waals surface area contributed by atoms with Crippen molar-refractivity contribution in [1.29, 1.82) is 0 Å². The van der Waals surface area contributed by atoms with Crippen molar-refractivity contribution in [2.45, 2.75) is 38.1 Å². The van der Waals surface area contributed by atoms with Gasteiger partial charge < -0.3 is 9.47 Å². The molecule has 7 nitrogen and oxygen atoms in total. The van der Waals surface area contributed by atoms with Gasteiger partial charge in [0.2, 0.25) is 5.91 Å². The number of amides is 1. The highest BCUT2D eigenvalue weighted by Gasteiger charge is 2.24. The first kappa shape index (κ1) is 20.6. The van der Waals surface area contributed by atoms with Gasteiger partial charge in [0.25, 0.3) is 10.0 Å². The van der Waals surface area contributed by atoms with E-state index in [1.54, 1.807) is 22.8 Å². The van der Waals surface area contributed by atoms with E-state index in [1.165, 1.54) is 17.5 Å². The van der Waals surface area contributed by atoms with E-state index in [0.717, 1.165) is 37.2 Å². The number of hydrogen-bond donors (Lipinski definition) is 1. The van der Waals surface area contributed by atoms with Crippen LogP contribution in [0.25, 0.3) is 10.7 Å². The van der Waals surface area contributed by atoms with Gasteiger partial charge in [-0.1, -0.05) is 18.2 Å². The lowest BCUT2D eigenvalue weighted by Gasteiger charge is -2.16. The normalized spacial score (nSPS) is 14.3. The molecule has 0 unspecified atom stereocenters. The van der Waals surface area contributed by atoms with Crippen LogP contribution in [0.15, 0.2) is 46.8 Å². The van der Waals surface area contributed by atoms with Crippen molar-refractivity contribution in [2.24, 2.45) is 0 Å². The van der Waals surface area contributed by atoms with Gasteiger partial charge in [0, 0.05) is 30.4 Å². The number of aryl methyl sites for hydroxylation is 2. The molecule has 0 atom stereocenters. The van der Waals surface area contributed by atoms with E-state index >= 15 is 0 Å². The molecular weight excluding hydrogens is 420 g/mol. The lowest BCUT2D eigenvalue weighted by Crippen LogP contribution is -2.31. The summed E-state index contributed by atoms with van der Waals surface area (Å²) in [6.07, 6.45) is 3.55. The van der Waals surface area contributed by atoms with Crippen LogP contribution in [-0.2, 0) is 21.4 Å². The maximum absolute atomic E-state index is 13.1. The van der Waals surface area contributed by atoms with Gasteiger partial charge in [-0.3, -0.25) is 9.52 Å². The lowest BCUT2D eigenvalue weighted by atomic mass is 10.2. The molecule has 1 aromatic carbocycles. The number of thiazole rings is 1. The maximum Gasteiger partial charge on any atom is 0.263 e. The number of anilines is 1. The minimum absolute atomic E-state index is 0.00607. The van der Waals surface area contributed by atoms with Gasteiger partial charge in [0.05, 0.1) is 11.4 Å². The molecular formula is C21H24N4O3S2. The van der Waals surface area contributed by atoms with Crippen LogP contribution < -0.4 is 4.72 Å².